The van der Waals surface area contributed by atoms with Crippen LogP contribution in [0.3, 0.4) is 0 Å². The predicted octanol–water partition coefficient (Wildman–Crippen LogP) is 3.13. The number of nitrogens with zero attached hydrogens (tertiary/aromatic N) is 3. The second-order valence-corrected chi connectivity index (χ2v) is 6.70. The van der Waals surface area contributed by atoms with Crippen molar-refractivity contribution in [2.45, 2.75) is 32.7 Å². The van der Waals surface area contributed by atoms with Crippen LogP contribution in [0.4, 0.5) is 5.13 Å². The normalized spacial score (nSPS) is 12.0. The number of carbonyl (C=O) groups is 1. The summed E-state index contributed by atoms with van der Waals surface area (Å²) in [4.78, 5) is 18.2. The summed E-state index contributed by atoms with van der Waals surface area (Å²) < 4.78 is 4.36. The Kier molecular flexibility index (Phi) is 6.36. The SMILES string of the molecule is CC[C@@H](C)NC(=O)CN(C)c1nc(Cc2ccc(Cl)cc2)ns1. The Hall–Kier alpha value is -1.66. The fourth-order valence-electron chi connectivity index (χ4n) is 1.96. The minimum Gasteiger partial charge on any atom is -0.352 e. The Morgan fingerprint density at radius 3 is 2.74 bits per heavy atom. The fraction of sp³-hybridized carbons (Fsp3) is 0.438. The van der Waals surface area contributed by atoms with Gasteiger partial charge in [0.2, 0.25) is 11.0 Å². The lowest BCUT2D eigenvalue weighted by atomic mass is 10.1. The molecule has 124 valence electrons. The zero-order valence-electron chi connectivity index (χ0n) is 13.5. The molecule has 1 aromatic carbocycles. The van der Waals surface area contributed by atoms with Crippen LogP contribution in [0, 0.1) is 0 Å². The Labute approximate surface area is 145 Å². The van der Waals surface area contributed by atoms with Crippen LogP contribution < -0.4 is 10.2 Å². The number of likely N-dealkylation sites (N-methyl/N-ethyl adjacent to an activating group) is 1. The van der Waals surface area contributed by atoms with Crippen LogP contribution in [0.1, 0.15) is 31.7 Å². The molecule has 7 heteroatoms. The van der Waals surface area contributed by atoms with Crippen molar-refractivity contribution in [3.05, 3.63) is 40.7 Å². The third kappa shape index (κ3) is 5.48. The molecule has 23 heavy (non-hydrogen) atoms. The molecule has 0 bridgehead atoms. The van der Waals surface area contributed by atoms with Gasteiger partial charge in [0.25, 0.3) is 0 Å². The largest absolute Gasteiger partial charge is 0.352 e. The maximum Gasteiger partial charge on any atom is 0.239 e. The second kappa shape index (κ2) is 8.26. The van der Waals surface area contributed by atoms with Gasteiger partial charge in [-0.05, 0) is 31.0 Å². The Morgan fingerprint density at radius 1 is 1.39 bits per heavy atom. The zero-order chi connectivity index (χ0) is 16.8. The topological polar surface area (TPSA) is 58.1 Å². The van der Waals surface area contributed by atoms with Gasteiger partial charge in [0.1, 0.15) is 5.82 Å². The minimum atomic E-state index is -0.00342. The number of amides is 1. The van der Waals surface area contributed by atoms with E-state index in [4.69, 9.17) is 11.6 Å². The molecule has 0 aliphatic rings. The van der Waals surface area contributed by atoms with Crippen molar-refractivity contribution in [1.29, 1.82) is 0 Å². The molecule has 0 unspecified atom stereocenters. The molecule has 0 radical (unpaired) electrons. The van der Waals surface area contributed by atoms with Crippen LogP contribution in [0.25, 0.3) is 0 Å². The van der Waals surface area contributed by atoms with Crippen LogP contribution in [-0.2, 0) is 11.2 Å². The Balaban J connectivity index is 1.92. The van der Waals surface area contributed by atoms with E-state index in [2.05, 4.69) is 14.7 Å². The molecule has 0 fully saturated rings. The number of halogens is 1. The van der Waals surface area contributed by atoms with Crippen molar-refractivity contribution in [3.8, 4) is 0 Å². The lowest BCUT2D eigenvalue weighted by molar-refractivity contribution is -0.120. The summed E-state index contributed by atoms with van der Waals surface area (Å²) in [6.45, 7) is 4.31. The van der Waals surface area contributed by atoms with Crippen LogP contribution in [0.15, 0.2) is 24.3 Å². The summed E-state index contributed by atoms with van der Waals surface area (Å²) in [7, 11) is 1.85. The van der Waals surface area contributed by atoms with E-state index in [-0.39, 0.29) is 18.5 Å². The molecule has 0 saturated heterocycles. The van der Waals surface area contributed by atoms with Gasteiger partial charge in [-0.25, -0.2) is 4.98 Å². The van der Waals surface area contributed by atoms with Gasteiger partial charge in [-0.2, -0.15) is 4.37 Å². The highest BCUT2D eigenvalue weighted by atomic mass is 35.5. The van der Waals surface area contributed by atoms with E-state index in [1.165, 1.54) is 11.5 Å². The smallest absolute Gasteiger partial charge is 0.239 e. The van der Waals surface area contributed by atoms with E-state index in [1.54, 1.807) is 0 Å². The van der Waals surface area contributed by atoms with E-state index >= 15 is 0 Å². The van der Waals surface area contributed by atoms with Crippen LogP contribution in [0.2, 0.25) is 5.02 Å². The first-order valence-corrected chi connectivity index (χ1v) is 8.70. The van der Waals surface area contributed by atoms with Crippen LogP contribution >= 0.6 is 23.1 Å². The summed E-state index contributed by atoms with van der Waals surface area (Å²) >= 11 is 7.19. The summed E-state index contributed by atoms with van der Waals surface area (Å²) in [5, 5.41) is 4.40. The van der Waals surface area contributed by atoms with E-state index in [0.717, 1.165) is 22.9 Å². The third-order valence-electron chi connectivity index (χ3n) is 3.46. The van der Waals surface area contributed by atoms with Crippen molar-refractivity contribution in [3.63, 3.8) is 0 Å². The van der Waals surface area contributed by atoms with Crippen LogP contribution in [-0.4, -0.2) is 34.9 Å². The van der Waals surface area contributed by atoms with Crippen molar-refractivity contribution in [2.24, 2.45) is 0 Å². The highest BCUT2D eigenvalue weighted by Crippen LogP contribution is 2.18. The molecule has 0 aliphatic heterocycles. The molecule has 0 saturated carbocycles. The standard InChI is InChI=1S/C16H21ClN4OS/c1-4-11(2)18-15(22)10-21(3)16-19-14(20-23-16)9-12-5-7-13(17)8-6-12/h5-8,11H,4,9-10H2,1-3H3,(H,18,22)/t11-/m1/s1. The van der Waals surface area contributed by atoms with Gasteiger partial charge in [-0.1, -0.05) is 30.7 Å². The lowest BCUT2D eigenvalue weighted by Gasteiger charge is -2.17. The lowest BCUT2D eigenvalue weighted by Crippen LogP contribution is -2.39. The number of nitrogens with one attached hydrogen (secondary N) is 1. The van der Waals surface area contributed by atoms with E-state index in [9.17, 15) is 4.79 Å². The van der Waals surface area contributed by atoms with E-state index in [0.29, 0.717) is 11.4 Å². The molecular formula is C16H21ClN4OS. The van der Waals surface area contributed by atoms with Gasteiger partial charge >= 0.3 is 0 Å². The van der Waals surface area contributed by atoms with E-state index < -0.39 is 0 Å². The average molecular weight is 353 g/mol. The van der Waals surface area contributed by atoms with Gasteiger partial charge in [0, 0.05) is 36.1 Å². The Bertz CT molecular complexity index is 644. The van der Waals surface area contributed by atoms with Crippen LogP contribution in [0.5, 0.6) is 0 Å². The molecule has 0 aliphatic carbocycles. The summed E-state index contributed by atoms with van der Waals surface area (Å²) in [5.41, 5.74) is 1.11. The first-order valence-electron chi connectivity index (χ1n) is 7.55. The van der Waals surface area contributed by atoms with Crippen molar-refractivity contribution < 1.29 is 4.79 Å². The molecule has 1 aromatic heterocycles. The Morgan fingerprint density at radius 2 is 2.09 bits per heavy atom. The number of aromatic nitrogens is 2. The van der Waals surface area contributed by atoms with Gasteiger partial charge < -0.3 is 10.2 Å². The molecule has 1 heterocycles. The minimum absolute atomic E-state index is 0.00342. The molecule has 2 aromatic rings. The zero-order valence-corrected chi connectivity index (χ0v) is 15.1. The van der Waals surface area contributed by atoms with Gasteiger partial charge in [-0.3, -0.25) is 4.79 Å². The van der Waals surface area contributed by atoms with Crippen molar-refractivity contribution in [1.82, 2.24) is 14.7 Å². The summed E-state index contributed by atoms with van der Waals surface area (Å²) in [6, 6.07) is 7.83. The molecule has 5 nitrogen and oxygen atoms in total. The monoisotopic (exact) mass is 352 g/mol. The molecule has 1 amide bonds. The molecule has 0 spiro atoms. The number of anilines is 1. The average Bonchev–Trinajstić information content (AvgIpc) is 2.98. The summed E-state index contributed by atoms with van der Waals surface area (Å²) in [5.74, 6) is 0.748. The summed E-state index contributed by atoms with van der Waals surface area (Å²) in [6.07, 6.45) is 1.57. The fourth-order valence-corrected chi connectivity index (χ4v) is 2.73. The molecule has 1 N–H and O–H groups in total. The number of hydrogen-bond donors (Lipinski definition) is 1. The maximum absolute atomic E-state index is 11.9. The highest BCUT2D eigenvalue weighted by molar-refractivity contribution is 7.09. The first-order chi connectivity index (χ1) is 11.0. The third-order valence-corrected chi connectivity index (χ3v) is 4.58. The number of carbonyl (C=O) groups excluding carboxylic acids is 1. The molecular weight excluding hydrogens is 332 g/mol. The number of hydrogen-bond acceptors (Lipinski definition) is 5. The maximum atomic E-state index is 11.9. The first kappa shape index (κ1) is 17.7. The molecule has 1 atom stereocenters. The quantitative estimate of drug-likeness (QED) is 0.831. The van der Waals surface area contributed by atoms with Gasteiger partial charge in [-0.15, -0.1) is 0 Å². The molecule has 2 rings (SSSR count). The van der Waals surface area contributed by atoms with Crippen molar-refractivity contribution in [2.75, 3.05) is 18.5 Å². The number of benzene rings is 1. The predicted molar refractivity (Wildman–Crippen MR) is 95.3 cm³/mol. The van der Waals surface area contributed by atoms with Gasteiger partial charge in [0.15, 0.2) is 0 Å². The van der Waals surface area contributed by atoms with E-state index in [1.807, 2.05) is 50.1 Å². The second-order valence-electron chi connectivity index (χ2n) is 5.53. The highest BCUT2D eigenvalue weighted by Gasteiger charge is 2.13. The van der Waals surface area contributed by atoms with Crippen molar-refractivity contribution >= 4 is 34.2 Å². The number of rotatable bonds is 7. The van der Waals surface area contributed by atoms with Gasteiger partial charge in [0.05, 0.1) is 6.54 Å².